The van der Waals surface area contributed by atoms with Crippen LogP contribution in [0.2, 0.25) is 0 Å². The first kappa shape index (κ1) is 19.5. The van der Waals surface area contributed by atoms with Crippen molar-refractivity contribution < 1.29 is 9.59 Å². The quantitative estimate of drug-likeness (QED) is 0.381. The Morgan fingerprint density at radius 1 is 0.968 bits per heavy atom. The van der Waals surface area contributed by atoms with E-state index < -0.39 is 0 Å². The van der Waals surface area contributed by atoms with Crippen LogP contribution in [0.3, 0.4) is 0 Å². The maximum absolute atomic E-state index is 12.4. The number of carbonyl (C=O) groups is 2. The van der Waals surface area contributed by atoms with Gasteiger partial charge in [-0.3, -0.25) is 9.59 Å². The van der Waals surface area contributed by atoms with Gasteiger partial charge in [0.25, 0.3) is 5.91 Å². The molecule has 0 aliphatic heterocycles. The summed E-state index contributed by atoms with van der Waals surface area (Å²) in [6.45, 7) is 0. The van der Waals surface area contributed by atoms with E-state index in [2.05, 4.69) is 20.6 Å². The fourth-order valence-electron chi connectivity index (χ4n) is 3.97. The summed E-state index contributed by atoms with van der Waals surface area (Å²) in [5.41, 5.74) is 4.14. The number of amides is 2. The number of anilines is 2. The van der Waals surface area contributed by atoms with Gasteiger partial charge in [-0.25, -0.2) is 4.98 Å². The molecule has 2 aromatic carbocycles. The predicted octanol–water partition coefficient (Wildman–Crippen LogP) is 5.67. The van der Waals surface area contributed by atoms with E-state index in [1.165, 1.54) is 11.3 Å². The van der Waals surface area contributed by atoms with E-state index in [1.54, 1.807) is 6.07 Å². The van der Waals surface area contributed by atoms with Crippen LogP contribution in [0.5, 0.6) is 0 Å². The molecule has 0 saturated heterocycles. The minimum atomic E-state index is -0.112. The zero-order valence-corrected chi connectivity index (χ0v) is 17.7. The molecule has 6 nitrogen and oxygen atoms in total. The molecule has 156 valence electrons. The van der Waals surface area contributed by atoms with Crippen LogP contribution in [0, 0.1) is 5.92 Å². The minimum absolute atomic E-state index is 0.108. The number of fused-ring (bicyclic) bond motifs is 1. The largest absolute Gasteiger partial charge is 0.338 e. The zero-order chi connectivity index (χ0) is 21.2. The first-order valence-electron chi connectivity index (χ1n) is 10.4. The van der Waals surface area contributed by atoms with Gasteiger partial charge in [-0.1, -0.05) is 18.9 Å². The summed E-state index contributed by atoms with van der Waals surface area (Å²) in [5, 5.41) is 7.82. The molecule has 0 bridgehead atoms. The van der Waals surface area contributed by atoms with Gasteiger partial charge in [0.2, 0.25) is 5.91 Å². The second kappa shape index (κ2) is 8.35. The number of thiophene rings is 1. The van der Waals surface area contributed by atoms with Crippen LogP contribution in [-0.4, -0.2) is 21.8 Å². The number of hydrogen-bond donors (Lipinski definition) is 3. The lowest BCUT2D eigenvalue weighted by Crippen LogP contribution is -2.20. The maximum Gasteiger partial charge on any atom is 0.265 e. The molecule has 2 amide bonds. The van der Waals surface area contributed by atoms with Gasteiger partial charge in [-0.05, 0) is 66.8 Å². The second-order valence-electron chi connectivity index (χ2n) is 7.80. The van der Waals surface area contributed by atoms with Gasteiger partial charge in [0.1, 0.15) is 5.82 Å². The Balaban J connectivity index is 1.30. The van der Waals surface area contributed by atoms with Crippen molar-refractivity contribution in [3.8, 4) is 11.4 Å². The summed E-state index contributed by atoms with van der Waals surface area (Å²) in [5.74, 6) is 0.868. The normalized spacial score (nSPS) is 14.1. The highest BCUT2D eigenvalue weighted by Gasteiger charge is 2.22. The lowest BCUT2D eigenvalue weighted by Gasteiger charge is -2.10. The van der Waals surface area contributed by atoms with E-state index in [9.17, 15) is 9.59 Å². The van der Waals surface area contributed by atoms with Gasteiger partial charge in [-0.2, -0.15) is 0 Å². The van der Waals surface area contributed by atoms with Gasteiger partial charge >= 0.3 is 0 Å². The number of rotatable bonds is 5. The van der Waals surface area contributed by atoms with E-state index in [4.69, 9.17) is 0 Å². The molecule has 5 rings (SSSR count). The lowest BCUT2D eigenvalue weighted by molar-refractivity contribution is -0.119. The van der Waals surface area contributed by atoms with E-state index in [1.807, 2.05) is 53.9 Å². The highest BCUT2D eigenvalue weighted by atomic mass is 32.1. The molecular formula is C24H22N4O2S. The van der Waals surface area contributed by atoms with E-state index >= 15 is 0 Å². The van der Waals surface area contributed by atoms with Crippen molar-refractivity contribution in [1.29, 1.82) is 0 Å². The van der Waals surface area contributed by atoms with Crippen molar-refractivity contribution in [2.75, 3.05) is 10.6 Å². The van der Waals surface area contributed by atoms with Gasteiger partial charge < -0.3 is 15.6 Å². The lowest BCUT2D eigenvalue weighted by atomic mass is 10.1. The Labute approximate surface area is 183 Å². The molecule has 1 aliphatic carbocycles. The van der Waals surface area contributed by atoms with E-state index in [-0.39, 0.29) is 17.7 Å². The Bertz CT molecular complexity index is 1220. The molecule has 0 unspecified atom stereocenters. The highest BCUT2D eigenvalue weighted by molar-refractivity contribution is 7.12. The number of H-pyrrole nitrogens is 1. The van der Waals surface area contributed by atoms with Crippen LogP contribution in [0.4, 0.5) is 11.4 Å². The molecular weight excluding hydrogens is 408 g/mol. The number of imidazole rings is 1. The Morgan fingerprint density at radius 3 is 2.48 bits per heavy atom. The predicted molar refractivity (Wildman–Crippen MR) is 124 cm³/mol. The number of carbonyl (C=O) groups excluding carboxylic acids is 2. The summed E-state index contributed by atoms with van der Waals surface area (Å²) in [7, 11) is 0. The Kier molecular flexibility index (Phi) is 5.26. The molecule has 4 aromatic rings. The first-order valence-corrected chi connectivity index (χ1v) is 11.3. The molecule has 0 spiro atoms. The molecule has 31 heavy (non-hydrogen) atoms. The number of nitrogens with one attached hydrogen (secondary N) is 3. The Morgan fingerprint density at radius 2 is 1.74 bits per heavy atom. The van der Waals surface area contributed by atoms with Crippen LogP contribution in [0.15, 0.2) is 60.0 Å². The molecule has 0 radical (unpaired) electrons. The number of benzene rings is 2. The molecule has 2 aromatic heterocycles. The zero-order valence-electron chi connectivity index (χ0n) is 16.9. The third-order valence-electron chi connectivity index (χ3n) is 5.64. The molecule has 1 aliphatic rings. The van der Waals surface area contributed by atoms with Crippen molar-refractivity contribution >= 4 is 45.6 Å². The first-order chi connectivity index (χ1) is 15.2. The van der Waals surface area contributed by atoms with Gasteiger partial charge in [0, 0.05) is 22.9 Å². The average Bonchev–Trinajstić information content (AvgIpc) is 3.55. The monoisotopic (exact) mass is 430 g/mol. The van der Waals surface area contributed by atoms with Crippen LogP contribution in [0.1, 0.15) is 35.4 Å². The third-order valence-corrected chi connectivity index (χ3v) is 6.51. The van der Waals surface area contributed by atoms with Gasteiger partial charge in [0.05, 0.1) is 15.9 Å². The average molecular weight is 431 g/mol. The third kappa shape index (κ3) is 4.22. The molecule has 2 heterocycles. The van der Waals surface area contributed by atoms with Crippen molar-refractivity contribution in [3.63, 3.8) is 0 Å². The van der Waals surface area contributed by atoms with Crippen molar-refractivity contribution in [2.45, 2.75) is 25.7 Å². The number of hydrogen-bond acceptors (Lipinski definition) is 4. The van der Waals surface area contributed by atoms with Crippen molar-refractivity contribution in [1.82, 2.24) is 9.97 Å². The molecule has 1 fully saturated rings. The second-order valence-corrected chi connectivity index (χ2v) is 8.74. The van der Waals surface area contributed by atoms with Crippen molar-refractivity contribution in [3.05, 3.63) is 64.9 Å². The topological polar surface area (TPSA) is 86.9 Å². The molecule has 1 saturated carbocycles. The highest BCUT2D eigenvalue weighted by Crippen LogP contribution is 2.28. The SMILES string of the molecule is O=C(Nc1ccc(-c2nc3ccc(NC(=O)C4CCCC4)cc3[nH]2)cc1)c1cccs1. The number of aromatic nitrogens is 2. The van der Waals surface area contributed by atoms with Crippen LogP contribution < -0.4 is 10.6 Å². The fraction of sp³-hybridized carbons (Fsp3) is 0.208. The molecule has 0 atom stereocenters. The number of nitrogens with zero attached hydrogens (tertiary/aromatic N) is 1. The van der Waals surface area contributed by atoms with Gasteiger partial charge in [0.15, 0.2) is 0 Å². The standard InChI is InChI=1S/C24H22N4O2S/c29-23(16-4-1-2-5-16)26-18-11-12-19-20(14-18)28-22(27-19)15-7-9-17(10-8-15)25-24(30)21-6-3-13-31-21/h3,6-14,16H,1-2,4-5H2,(H,25,30)(H,26,29)(H,27,28). The van der Waals surface area contributed by atoms with Crippen LogP contribution >= 0.6 is 11.3 Å². The smallest absolute Gasteiger partial charge is 0.265 e. The maximum atomic E-state index is 12.4. The summed E-state index contributed by atoms with van der Waals surface area (Å²) < 4.78 is 0. The van der Waals surface area contributed by atoms with Crippen molar-refractivity contribution in [2.24, 2.45) is 5.92 Å². The summed E-state index contributed by atoms with van der Waals surface area (Å²) in [6.07, 6.45) is 4.23. The van der Waals surface area contributed by atoms with Crippen LogP contribution in [-0.2, 0) is 4.79 Å². The van der Waals surface area contributed by atoms with Crippen LogP contribution in [0.25, 0.3) is 22.4 Å². The number of aromatic amines is 1. The summed E-state index contributed by atoms with van der Waals surface area (Å²) >= 11 is 1.41. The Hall–Kier alpha value is -3.45. The van der Waals surface area contributed by atoms with E-state index in [0.717, 1.165) is 59.5 Å². The fourth-order valence-corrected chi connectivity index (χ4v) is 4.59. The minimum Gasteiger partial charge on any atom is -0.338 e. The van der Waals surface area contributed by atoms with E-state index in [0.29, 0.717) is 4.88 Å². The van der Waals surface area contributed by atoms with Gasteiger partial charge in [-0.15, -0.1) is 11.3 Å². The summed E-state index contributed by atoms with van der Waals surface area (Å²) in [6, 6.07) is 17.0. The molecule has 3 N–H and O–H groups in total. The summed E-state index contributed by atoms with van der Waals surface area (Å²) in [4.78, 5) is 33.3. The molecule has 7 heteroatoms.